The standard InChI is InChI=1S/C10H17O6P/c1-3-4-5-7(6-8(11)12)10(2,9(13)14)17(15)16/h7H,3-6H2,1-2H3,(H2-,11,12,13,14,15,16)/p+1. The highest BCUT2D eigenvalue weighted by Gasteiger charge is 2.58. The first-order valence-corrected chi connectivity index (χ1v) is 6.59. The molecule has 0 aliphatic heterocycles. The monoisotopic (exact) mass is 265 g/mol. The molecular weight excluding hydrogens is 247 g/mol. The number of carboxylic acid groups (broad SMARTS) is 2. The van der Waals surface area contributed by atoms with Crippen molar-refractivity contribution in [1.29, 1.82) is 0 Å². The molecule has 0 aromatic rings. The summed E-state index contributed by atoms with van der Waals surface area (Å²) in [6.45, 7) is 3.02. The van der Waals surface area contributed by atoms with Crippen molar-refractivity contribution in [3.63, 3.8) is 0 Å². The fourth-order valence-corrected chi connectivity index (χ4v) is 2.35. The molecule has 0 amide bonds. The lowest BCUT2D eigenvalue weighted by Crippen LogP contribution is -2.40. The Hall–Kier alpha value is -1.00. The topological polar surface area (TPSA) is 112 Å². The molecule has 0 aliphatic carbocycles. The van der Waals surface area contributed by atoms with Crippen LogP contribution in [-0.4, -0.2) is 32.2 Å². The number of hydrogen-bond donors (Lipinski definition) is 3. The molecule has 0 fully saturated rings. The van der Waals surface area contributed by atoms with Crippen molar-refractivity contribution in [2.45, 2.75) is 44.7 Å². The van der Waals surface area contributed by atoms with Gasteiger partial charge in [-0.05, 0) is 17.9 Å². The summed E-state index contributed by atoms with van der Waals surface area (Å²) in [5, 5.41) is 15.9. The van der Waals surface area contributed by atoms with Gasteiger partial charge in [0.15, 0.2) is 0 Å². The van der Waals surface area contributed by atoms with Crippen molar-refractivity contribution in [2.24, 2.45) is 5.92 Å². The van der Waals surface area contributed by atoms with Gasteiger partial charge in [-0.1, -0.05) is 19.8 Å². The average molecular weight is 265 g/mol. The van der Waals surface area contributed by atoms with Crippen molar-refractivity contribution in [3.05, 3.63) is 0 Å². The molecule has 0 bridgehead atoms. The SMILES string of the molecule is CCCCC(CC(=O)O)C(C)(C(=O)O)[P+](=O)O. The molecule has 0 rings (SSSR count). The van der Waals surface area contributed by atoms with Gasteiger partial charge in [0.05, 0.1) is 6.42 Å². The summed E-state index contributed by atoms with van der Waals surface area (Å²) in [6.07, 6.45) is 1.30. The van der Waals surface area contributed by atoms with Crippen molar-refractivity contribution >= 4 is 20.0 Å². The maximum atomic E-state index is 11.2. The molecule has 0 heterocycles. The molecule has 0 aromatic heterocycles. The van der Waals surface area contributed by atoms with Gasteiger partial charge in [-0.15, -0.1) is 0 Å². The molecular formula is C10H18O6P+. The maximum Gasteiger partial charge on any atom is 0.523 e. The van der Waals surface area contributed by atoms with Crippen LogP contribution in [-0.2, 0) is 14.2 Å². The van der Waals surface area contributed by atoms with Gasteiger partial charge in [0.25, 0.3) is 5.16 Å². The van der Waals surface area contributed by atoms with Gasteiger partial charge in [0.1, 0.15) is 0 Å². The molecule has 0 saturated carbocycles. The van der Waals surface area contributed by atoms with Crippen molar-refractivity contribution in [1.82, 2.24) is 0 Å². The lowest BCUT2D eigenvalue weighted by Gasteiger charge is -2.22. The number of unbranched alkanes of at least 4 members (excludes halogenated alkanes) is 1. The number of hydrogen-bond acceptors (Lipinski definition) is 3. The second-order valence-electron chi connectivity index (χ2n) is 4.16. The van der Waals surface area contributed by atoms with Gasteiger partial charge < -0.3 is 10.2 Å². The third-order valence-electron chi connectivity index (χ3n) is 2.95. The van der Waals surface area contributed by atoms with Crippen LogP contribution in [0.15, 0.2) is 0 Å². The van der Waals surface area contributed by atoms with Crippen LogP contribution >= 0.6 is 8.03 Å². The van der Waals surface area contributed by atoms with Crippen LogP contribution in [0.2, 0.25) is 0 Å². The smallest absolute Gasteiger partial charge is 0.481 e. The van der Waals surface area contributed by atoms with Gasteiger partial charge in [-0.3, -0.25) is 4.79 Å². The second-order valence-corrected chi connectivity index (χ2v) is 5.64. The van der Waals surface area contributed by atoms with Crippen LogP contribution in [0.4, 0.5) is 0 Å². The normalized spacial score (nSPS) is 17.0. The molecule has 17 heavy (non-hydrogen) atoms. The first-order valence-electron chi connectivity index (χ1n) is 5.38. The lowest BCUT2D eigenvalue weighted by atomic mass is 9.85. The van der Waals surface area contributed by atoms with E-state index in [9.17, 15) is 14.2 Å². The summed E-state index contributed by atoms with van der Waals surface area (Å²) in [5.74, 6) is -3.43. The van der Waals surface area contributed by atoms with E-state index in [0.717, 1.165) is 13.3 Å². The third kappa shape index (κ3) is 4.06. The van der Waals surface area contributed by atoms with E-state index in [1.54, 1.807) is 0 Å². The van der Waals surface area contributed by atoms with Crippen LogP contribution < -0.4 is 0 Å². The van der Waals surface area contributed by atoms with Crippen molar-refractivity contribution < 1.29 is 29.3 Å². The Morgan fingerprint density at radius 2 is 1.88 bits per heavy atom. The molecule has 3 N–H and O–H groups in total. The minimum Gasteiger partial charge on any atom is -0.481 e. The number of rotatable bonds is 8. The summed E-state index contributed by atoms with van der Waals surface area (Å²) >= 11 is 0. The first kappa shape index (κ1) is 16.0. The zero-order chi connectivity index (χ0) is 13.6. The first-order chi connectivity index (χ1) is 7.76. The molecule has 0 aliphatic rings. The largest absolute Gasteiger partial charge is 0.523 e. The molecule has 6 nitrogen and oxygen atoms in total. The Bertz CT molecular complexity index is 300. The summed E-state index contributed by atoms with van der Waals surface area (Å²) in [7, 11) is -2.98. The molecule has 3 unspecified atom stereocenters. The third-order valence-corrected chi connectivity index (χ3v) is 4.30. The molecule has 3 atom stereocenters. The fourth-order valence-electron chi connectivity index (χ4n) is 1.66. The van der Waals surface area contributed by atoms with Crippen molar-refractivity contribution in [2.75, 3.05) is 0 Å². The Balaban J connectivity index is 5.13. The predicted molar refractivity (Wildman–Crippen MR) is 61.1 cm³/mol. The van der Waals surface area contributed by atoms with E-state index in [4.69, 9.17) is 15.1 Å². The molecule has 0 aromatic carbocycles. The van der Waals surface area contributed by atoms with Gasteiger partial charge in [0, 0.05) is 5.92 Å². The highest BCUT2D eigenvalue weighted by molar-refractivity contribution is 7.41. The summed E-state index contributed by atoms with van der Waals surface area (Å²) < 4.78 is 11.2. The van der Waals surface area contributed by atoms with E-state index >= 15 is 0 Å². The van der Waals surface area contributed by atoms with E-state index in [2.05, 4.69) is 0 Å². The van der Waals surface area contributed by atoms with Crippen LogP contribution in [0.1, 0.15) is 39.5 Å². The molecule has 7 heteroatoms. The van der Waals surface area contributed by atoms with Crippen molar-refractivity contribution in [3.8, 4) is 0 Å². The van der Waals surface area contributed by atoms with Gasteiger partial charge in [-0.2, -0.15) is 4.89 Å². The predicted octanol–water partition coefficient (Wildman–Crippen LogP) is 1.85. The van der Waals surface area contributed by atoms with Crippen LogP contribution in [0.5, 0.6) is 0 Å². The Labute approximate surface area is 101 Å². The molecule has 0 radical (unpaired) electrons. The van der Waals surface area contributed by atoms with Gasteiger partial charge >= 0.3 is 20.0 Å². The molecule has 0 saturated heterocycles. The Morgan fingerprint density at radius 1 is 1.35 bits per heavy atom. The van der Waals surface area contributed by atoms with E-state index in [1.165, 1.54) is 0 Å². The molecule has 98 valence electrons. The van der Waals surface area contributed by atoms with Gasteiger partial charge in [-0.25, -0.2) is 4.79 Å². The van der Waals surface area contributed by atoms with E-state index < -0.39 is 37.5 Å². The van der Waals surface area contributed by atoms with E-state index in [-0.39, 0.29) is 0 Å². The van der Waals surface area contributed by atoms with Crippen LogP contribution in [0, 0.1) is 5.92 Å². The second kappa shape index (κ2) is 6.67. The summed E-state index contributed by atoms with van der Waals surface area (Å²) in [5.41, 5.74) is 0. The number of carbonyl (C=O) groups is 2. The Morgan fingerprint density at radius 3 is 2.18 bits per heavy atom. The van der Waals surface area contributed by atoms with Gasteiger partial charge in [0.2, 0.25) is 0 Å². The zero-order valence-electron chi connectivity index (χ0n) is 9.92. The van der Waals surface area contributed by atoms with Crippen LogP contribution in [0.3, 0.4) is 0 Å². The average Bonchev–Trinajstić information content (AvgIpc) is 2.21. The minimum absolute atomic E-state index is 0.313. The lowest BCUT2D eigenvalue weighted by molar-refractivity contribution is -0.143. The highest BCUT2D eigenvalue weighted by atomic mass is 31.1. The Kier molecular flexibility index (Phi) is 6.27. The fraction of sp³-hybridized carbons (Fsp3) is 0.800. The maximum absolute atomic E-state index is 11.2. The van der Waals surface area contributed by atoms with Crippen LogP contribution in [0.25, 0.3) is 0 Å². The number of aliphatic carboxylic acids is 2. The quantitative estimate of drug-likeness (QED) is 0.577. The summed E-state index contributed by atoms with van der Waals surface area (Å²) in [4.78, 5) is 31.0. The van der Waals surface area contributed by atoms with E-state index in [1.807, 2.05) is 6.92 Å². The zero-order valence-corrected chi connectivity index (χ0v) is 10.8. The molecule has 0 spiro atoms. The van der Waals surface area contributed by atoms with E-state index in [0.29, 0.717) is 12.8 Å². The summed E-state index contributed by atoms with van der Waals surface area (Å²) in [6, 6.07) is 0. The highest BCUT2D eigenvalue weighted by Crippen LogP contribution is 2.45. The number of carboxylic acids is 2. The minimum atomic E-state index is -2.98.